The zero-order chi connectivity index (χ0) is 14.8. The Morgan fingerprint density at radius 3 is 2.75 bits per heavy atom. The van der Waals surface area contributed by atoms with Crippen LogP contribution in [-0.2, 0) is 0 Å². The quantitative estimate of drug-likeness (QED) is 0.589. The zero-order valence-electron chi connectivity index (χ0n) is 12.5. The minimum Gasteiger partial charge on any atom is -0.494 e. The number of ether oxygens (including phenoxy) is 1. The maximum atomic E-state index is 9.54. The van der Waals surface area contributed by atoms with Crippen LogP contribution in [0, 0.1) is 0 Å². The summed E-state index contributed by atoms with van der Waals surface area (Å²) in [5, 5.41) is 9.54. The van der Waals surface area contributed by atoms with Crippen molar-refractivity contribution in [3.63, 3.8) is 0 Å². The van der Waals surface area contributed by atoms with Crippen LogP contribution in [0.5, 0.6) is 5.75 Å². The number of fused-ring (bicyclic) bond motifs is 1. The first-order valence-corrected chi connectivity index (χ1v) is 8.72. The van der Waals surface area contributed by atoms with Gasteiger partial charge in [-0.2, -0.15) is 0 Å². The van der Waals surface area contributed by atoms with Crippen LogP contribution in [-0.4, -0.2) is 16.9 Å². The van der Waals surface area contributed by atoms with E-state index in [4.69, 9.17) is 4.74 Å². The van der Waals surface area contributed by atoms with E-state index in [0.717, 1.165) is 37.1 Å². The van der Waals surface area contributed by atoms with Gasteiger partial charge in [0.05, 0.1) is 12.3 Å². The molecule has 0 fully saturated rings. The zero-order valence-corrected chi connectivity index (χ0v) is 14.2. The minimum atomic E-state index is -0.0246. The van der Waals surface area contributed by atoms with E-state index >= 15 is 0 Å². The molecule has 0 aliphatic carbocycles. The topological polar surface area (TPSA) is 34.8 Å². The number of thioether (sulfide) groups is 1. The smallest absolute Gasteiger partial charge is 0.144 e. The second kappa shape index (κ2) is 6.50. The average molecular weight is 310 g/mol. The molecule has 3 nitrogen and oxygen atoms in total. The number of hydrogen-bond donors (Lipinski definition) is 0. The molecule has 1 aliphatic heterocycles. The van der Waals surface area contributed by atoms with E-state index in [0.29, 0.717) is 0 Å². The van der Waals surface area contributed by atoms with Gasteiger partial charge < -0.3 is 9.64 Å². The van der Waals surface area contributed by atoms with Gasteiger partial charge in [0.1, 0.15) is 10.5 Å². The van der Waals surface area contributed by atoms with Crippen molar-refractivity contribution >= 4 is 29.4 Å². The Balaban J connectivity index is 2.20. The van der Waals surface area contributed by atoms with Crippen molar-refractivity contribution in [1.82, 2.24) is 5.14 Å². The lowest BCUT2D eigenvalue weighted by Gasteiger charge is -2.37. The monoisotopic (exact) mass is 310 g/mol. The van der Waals surface area contributed by atoms with Crippen LogP contribution >= 0.6 is 23.7 Å². The van der Waals surface area contributed by atoms with Crippen molar-refractivity contribution in [3.05, 3.63) is 18.2 Å². The van der Waals surface area contributed by atoms with E-state index in [9.17, 15) is 5.14 Å². The van der Waals surface area contributed by atoms with Crippen molar-refractivity contribution in [2.75, 3.05) is 11.5 Å². The fraction of sp³-hybridized carbons (Fsp3) is 0.600. The maximum Gasteiger partial charge on any atom is 0.144 e. The maximum absolute atomic E-state index is 9.54. The molecule has 1 heterocycles. The lowest BCUT2D eigenvalue weighted by atomic mass is 10.1. The van der Waals surface area contributed by atoms with Gasteiger partial charge in [-0.25, -0.2) is 0 Å². The normalized spacial score (nSPS) is 18.2. The molecular weight excluding hydrogens is 288 g/mol. The summed E-state index contributed by atoms with van der Waals surface area (Å²) >= 11 is 2.58. The molecule has 0 bridgehead atoms. The van der Waals surface area contributed by atoms with Gasteiger partial charge in [0.15, 0.2) is 0 Å². The van der Waals surface area contributed by atoms with Gasteiger partial charge in [0, 0.05) is 10.4 Å². The Labute approximate surface area is 130 Å². The van der Waals surface area contributed by atoms with Gasteiger partial charge in [-0.05, 0) is 57.3 Å². The largest absolute Gasteiger partial charge is 0.494 e. The van der Waals surface area contributed by atoms with Crippen molar-refractivity contribution < 1.29 is 4.74 Å². The molecule has 5 heteroatoms. The molecule has 0 spiro atoms. The molecule has 20 heavy (non-hydrogen) atoms. The highest BCUT2D eigenvalue weighted by Crippen LogP contribution is 2.50. The summed E-state index contributed by atoms with van der Waals surface area (Å²) in [7, 11) is 0. The van der Waals surface area contributed by atoms with Crippen molar-refractivity contribution in [2.45, 2.75) is 55.7 Å². The number of rotatable bonds is 5. The van der Waals surface area contributed by atoms with Gasteiger partial charge >= 0.3 is 0 Å². The molecule has 2 rings (SSSR count). The Morgan fingerprint density at radius 1 is 1.40 bits per heavy atom. The van der Waals surface area contributed by atoms with Gasteiger partial charge in [0.2, 0.25) is 0 Å². The van der Waals surface area contributed by atoms with E-state index < -0.39 is 0 Å². The molecule has 0 N–H and O–H groups in total. The van der Waals surface area contributed by atoms with Gasteiger partial charge in [0.25, 0.3) is 0 Å². The Kier molecular flexibility index (Phi) is 5.15. The van der Waals surface area contributed by atoms with Crippen LogP contribution in [0.2, 0.25) is 0 Å². The van der Waals surface area contributed by atoms with Crippen molar-refractivity contribution in [1.29, 1.82) is 0 Å². The average Bonchev–Trinajstić information content (AvgIpc) is 2.76. The van der Waals surface area contributed by atoms with Crippen LogP contribution in [0.25, 0.3) is 0 Å². The van der Waals surface area contributed by atoms with E-state index in [-0.39, 0.29) is 10.2 Å². The summed E-state index contributed by atoms with van der Waals surface area (Å²) in [6, 6.07) is 6.22. The molecule has 110 valence electrons. The van der Waals surface area contributed by atoms with Crippen molar-refractivity contribution in [2.24, 2.45) is 0 Å². The first kappa shape index (κ1) is 15.9. The standard InChI is InChI=1S/C15H22N2OS2/c1-5-6-9-18-11-7-8-12-13(10-11)19-14(20-16)17(12)15(2,3)4/h7-8,10,14H,5-6,9H2,1-4H3. The fourth-order valence-electron chi connectivity index (χ4n) is 2.23. The van der Waals surface area contributed by atoms with E-state index in [2.05, 4.69) is 44.7 Å². The molecule has 2 radical (unpaired) electrons. The highest BCUT2D eigenvalue weighted by atomic mass is 32.2. The van der Waals surface area contributed by atoms with Crippen LogP contribution in [0.1, 0.15) is 40.5 Å². The number of benzene rings is 1. The highest BCUT2D eigenvalue weighted by molar-refractivity contribution is 8.16. The number of anilines is 1. The first-order chi connectivity index (χ1) is 9.47. The van der Waals surface area contributed by atoms with Gasteiger partial charge in [-0.1, -0.05) is 30.2 Å². The predicted octanol–water partition coefficient (Wildman–Crippen LogP) is 4.58. The molecule has 0 saturated carbocycles. The third-order valence-corrected chi connectivity index (χ3v) is 5.14. The number of hydrogen-bond acceptors (Lipinski definition) is 4. The fourth-order valence-corrected chi connectivity index (χ4v) is 4.46. The van der Waals surface area contributed by atoms with Crippen LogP contribution in [0.4, 0.5) is 5.69 Å². The van der Waals surface area contributed by atoms with Crippen molar-refractivity contribution in [3.8, 4) is 5.75 Å². The molecule has 0 amide bonds. The molecule has 1 unspecified atom stereocenters. The molecule has 1 atom stereocenters. The van der Waals surface area contributed by atoms with E-state index in [1.165, 1.54) is 10.6 Å². The van der Waals surface area contributed by atoms with E-state index in [1.807, 2.05) is 6.07 Å². The van der Waals surface area contributed by atoms with Crippen LogP contribution < -0.4 is 14.8 Å². The lowest BCUT2D eigenvalue weighted by Crippen LogP contribution is -2.43. The molecule has 1 aromatic carbocycles. The molecule has 0 saturated heterocycles. The Bertz CT molecular complexity index is 460. The third-order valence-electron chi connectivity index (χ3n) is 3.21. The van der Waals surface area contributed by atoms with Crippen LogP contribution in [0.15, 0.2) is 23.1 Å². The number of nitrogens with zero attached hydrogens (tertiary/aromatic N) is 2. The second-order valence-corrected chi connectivity index (χ2v) is 7.98. The molecule has 1 aromatic rings. The molecule has 0 aromatic heterocycles. The van der Waals surface area contributed by atoms with Crippen LogP contribution in [0.3, 0.4) is 0 Å². The predicted molar refractivity (Wildman–Crippen MR) is 88.4 cm³/mol. The highest BCUT2D eigenvalue weighted by Gasteiger charge is 2.37. The second-order valence-electron chi connectivity index (χ2n) is 5.90. The summed E-state index contributed by atoms with van der Waals surface area (Å²) in [5.74, 6) is 0.919. The summed E-state index contributed by atoms with van der Waals surface area (Å²) in [4.78, 5) is 3.44. The summed E-state index contributed by atoms with van der Waals surface area (Å²) in [6.45, 7) is 9.42. The Morgan fingerprint density at radius 2 is 2.15 bits per heavy atom. The summed E-state index contributed by atoms with van der Waals surface area (Å²) < 4.78 is 5.77. The SMILES string of the molecule is CCCCOc1ccc2c(c1)SC(S[N])N2C(C)(C)C. The lowest BCUT2D eigenvalue weighted by molar-refractivity contribution is 0.308. The van der Waals surface area contributed by atoms with Gasteiger partial charge in [-0.3, -0.25) is 0 Å². The molecular formula is C15H22N2OS2. The van der Waals surface area contributed by atoms with Gasteiger partial charge in [-0.15, -0.1) is 0 Å². The first-order valence-electron chi connectivity index (χ1n) is 7.00. The Hall–Kier alpha value is -0.520. The molecule has 1 aliphatic rings. The minimum absolute atomic E-state index is 0.0101. The summed E-state index contributed by atoms with van der Waals surface area (Å²) in [5.41, 5.74) is 1.15. The summed E-state index contributed by atoms with van der Waals surface area (Å²) in [6.07, 6.45) is 2.22. The third kappa shape index (κ3) is 3.38. The number of unbranched alkanes of at least 4 members (excludes halogenated alkanes) is 1. The van der Waals surface area contributed by atoms with E-state index in [1.54, 1.807) is 11.8 Å².